The van der Waals surface area contributed by atoms with Crippen LogP contribution in [0.4, 0.5) is 14.5 Å². The molecule has 0 spiro atoms. The van der Waals surface area contributed by atoms with Crippen LogP contribution in [0.15, 0.2) is 24.4 Å². The van der Waals surface area contributed by atoms with Crippen molar-refractivity contribution >= 4 is 11.6 Å². The van der Waals surface area contributed by atoms with Gasteiger partial charge in [-0.2, -0.15) is 0 Å². The van der Waals surface area contributed by atoms with E-state index in [1.165, 1.54) is 18.3 Å². The minimum Gasteiger partial charge on any atom is -0.474 e. The number of ether oxygens (including phenoxy) is 1. The highest BCUT2D eigenvalue weighted by atomic mass is 19.1. The Hall–Kier alpha value is -2.74. The molecule has 6 nitrogen and oxygen atoms in total. The number of benzene rings is 1. The second-order valence-corrected chi connectivity index (χ2v) is 10.1. The minimum absolute atomic E-state index is 0.0235. The molecule has 2 atom stereocenters. The fourth-order valence-corrected chi connectivity index (χ4v) is 4.54. The first-order valence-corrected chi connectivity index (χ1v) is 11.7. The largest absolute Gasteiger partial charge is 0.474 e. The van der Waals surface area contributed by atoms with Gasteiger partial charge in [0.2, 0.25) is 5.88 Å². The van der Waals surface area contributed by atoms with Gasteiger partial charge >= 0.3 is 0 Å². The first kappa shape index (κ1) is 22.1. The van der Waals surface area contributed by atoms with Crippen LogP contribution in [0.5, 0.6) is 5.88 Å². The van der Waals surface area contributed by atoms with Gasteiger partial charge in [-0.15, -0.1) is 0 Å². The van der Waals surface area contributed by atoms with E-state index in [9.17, 15) is 13.6 Å². The Kier molecular flexibility index (Phi) is 5.51. The van der Waals surface area contributed by atoms with Gasteiger partial charge in [0, 0.05) is 36.9 Å². The molecular weight excluding hydrogens is 426 g/mol. The summed E-state index contributed by atoms with van der Waals surface area (Å²) in [6.07, 6.45) is 6.28. The average molecular weight is 457 g/mol. The first-order chi connectivity index (χ1) is 15.7. The number of hydrogen-bond acceptors (Lipinski definition) is 5. The van der Waals surface area contributed by atoms with E-state index in [0.717, 1.165) is 38.2 Å². The molecule has 8 heteroatoms. The molecule has 3 aliphatic rings. The van der Waals surface area contributed by atoms with Crippen molar-refractivity contribution in [3.05, 3.63) is 41.6 Å². The second kappa shape index (κ2) is 8.24. The smallest absolute Gasteiger partial charge is 0.255 e. The number of amides is 1. The van der Waals surface area contributed by atoms with E-state index < -0.39 is 17.2 Å². The lowest BCUT2D eigenvalue weighted by Gasteiger charge is -2.28. The molecule has 176 valence electrons. The molecule has 33 heavy (non-hydrogen) atoms. The predicted molar refractivity (Wildman–Crippen MR) is 122 cm³/mol. The number of pyridine rings is 1. The SMILES string of the molecule is C[C@H](NC(=O)c1cnc(OC2CC2)c(-c2cc(F)cc(F)c2)c1N1CC[C@](C)(N)C1)C1CC1. The van der Waals surface area contributed by atoms with Gasteiger partial charge < -0.3 is 20.7 Å². The van der Waals surface area contributed by atoms with Crippen molar-refractivity contribution in [2.75, 3.05) is 18.0 Å². The van der Waals surface area contributed by atoms with Crippen LogP contribution in [0, 0.1) is 17.6 Å². The van der Waals surface area contributed by atoms with Gasteiger partial charge in [0.05, 0.1) is 16.8 Å². The highest BCUT2D eigenvalue weighted by Crippen LogP contribution is 2.44. The normalized spacial score (nSPS) is 23.5. The van der Waals surface area contributed by atoms with Crippen molar-refractivity contribution in [2.24, 2.45) is 11.7 Å². The molecule has 3 N–H and O–H groups in total. The number of carbonyl (C=O) groups excluding carboxylic acids is 1. The Morgan fingerprint density at radius 3 is 2.52 bits per heavy atom. The highest BCUT2D eigenvalue weighted by Gasteiger charge is 2.37. The molecule has 0 radical (unpaired) electrons. The van der Waals surface area contributed by atoms with E-state index >= 15 is 0 Å². The maximum Gasteiger partial charge on any atom is 0.255 e. The lowest BCUT2D eigenvalue weighted by molar-refractivity contribution is 0.0936. The molecule has 0 bridgehead atoms. The summed E-state index contributed by atoms with van der Waals surface area (Å²) in [5.74, 6) is -0.876. The number of anilines is 1. The number of nitrogens with two attached hydrogens (primary N) is 1. The standard InChI is InChI=1S/C25H30F2N4O2/c1-14(15-3-4-15)30-23(32)20-12-29-24(33-19-5-6-19)21(16-9-17(26)11-18(27)10-16)22(20)31-8-7-25(2,28)13-31/h9-12,14-15,19H,3-8,13,28H2,1-2H3,(H,30,32)/t14-,25-/m0/s1. The first-order valence-electron chi connectivity index (χ1n) is 11.7. The van der Waals surface area contributed by atoms with Crippen LogP contribution in [0.1, 0.15) is 56.3 Å². The average Bonchev–Trinajstić information content (AvgIpc) is 3.65. The van der Waals surface area contributed by atoms with E-state index in [4.69, 9.17) is 10.5 Å². The van der Waals surface area contributed by atoms with Crippen LogP contribution in [0.25, 0.3) is 11.1 Å². The van der Waals surface area contributed by atoms with Crippen LogP contribution in [-0.2, 0) is 0 Å². The van der Waals surface area contributed by atoms with Crippen molar-refractivity contribution < 1.29 is 18.3 Å². The molecular formula is C25H30F2N4O2. The molecule has 1 aromatic heterocycles. The Labute approximate surface area is 192 Å². The second-order valence-electron chi connectivity index (χ2n) is 10.1. The summed E-state index contributed by atoms with van der Waals surface area (Å²) in [4.78, 5) is 19.9. The minimum atomic E-state index is -0.699. The zero-order valence-electron chi connectivity index (χ0n) is 19.0. The van der Waals surface area contributed by atoms with E-state index in [1.807, 2.05) is 18.7 Å². The summed E-state index contributed by atoms with van der Waals surface area (Å²) in [5.41, 5.74) is 7.63. The van der Waals surface area contributed by atoms with Gasteiger partial charge in [0.1, 0.15) is 17.7 Å². The van der Waals surface area contributed by atoms with Gasteiger partial charge in [-0.1, -0.05) is 0 Å². The van der Waals surface area contributed by atoms with Crippen molar-refractivity contribution in [2.45, 2.75) is 63.6 Å². The summed E-state index contributed by atoms with van der Waals surface area (Å²) >= 11 is 0. The highest BCUT2D eigenvalue weighted by molar-refractivity contribution is 6.04. The number of aromatic nitrogens is 1. The fraction of sp³-hybridized carbons (Fsp3) is 0.520. The molecule has 2 aromatic rings. The summed E-state index contributed by atoms with van der Waals surface area (Å²) in [6.45, 7) is 5.08. The Balaban J connectivity index is 1.66. The molecule has 2 aliphatic carbocycles. The summed E-state index contributed by atoms with van der Waals surface area (Å²) < 4.78 is 34.6. The number of nitrogens with one attached hydrogen (secondary N) is 1. The third-order valence-corrected chi connectivity index (χ3v) is 6.72. The topological polar surface area (TPSA) is 80.5 Å². The lowest BCUT2D eigenvalue weighted by Crippen LogP contribution is -2.40. The number of carbonyl (C=O) groups is 1. The molecule has 1 aromatic carbocycles. The summed E-state index contributed by atoms with van der Waals surface area (Å²) in [6, 6.07) is 3.39. The number of hydrogen-bond donors (Lipinski definition) is 2. The van der Waals surface area contributed by atoms with Crippen LogP contribution in [0.2, 0.25) is 0 Å². The zero-order valence-corrected chi connectivity index (χ0v) is 19.0. The number of nitrogens with zero attached hydrogens (tertiary/aromatic N) is 2. The van der Waals surface area contributed by atoms with Gasteiger partial charge in [0.25, 0.3) is 5.91 Å². The maximum absolute atomic E-state index is 14.3. The van der Waals surface area contributed by atoms with E-state index in [0.29, 0.717) is 41.4 Å². The monoisotopic (exact) mass is 456 g/mol. The number of halogens is 2. The maximum atomic E-state index is 14.3. The molecule has 1 aliphatic heterocycles. The molecule has 3 fully saturated rings. The molecule has 5 rings (SSSR count). The van der Waals surface area contributed by atoms with Crippen LogP contribution < -0.4 is 20.7 Å². The van der Waals surface area contributed by atoms with Crippen molar-refractivity contribution in [3.8, 4) is 17.0 Å². The van der Waals surface area contributed by atoms with Gasteiger partial charge in [-0.3, -0.25) is 4.79 Å². The van der Waals surface area contributed by atoms with Crippen molar-refractivity contribution in [3.63, 3.8) is 0 Å². The zero-order chi connectivity index (χ0) is 23.3. The van der Waals surface area contributed by atoms with E-state index in [1.54, 1.807) is 0 Å². The third-order valence-electron chi connectivity index (χ3n) is 6.72. The molecule has 1 amide bonds. The molecule has 1 saturated heterocycles. The van der Waals surface area contributed by atoms with E-state index in [2.05, 4.69) is 10.3 Å². The lowest BCUT2D eigenvalue weighted by atomic mass is 9.99. The van der Waals surface area contributed by atoms with Gasteiger partial charge in [-0.05, 0) is 69.6 Å². The summed E-state index contributed by atoms with van der Waals surface area (Å²) in [7, 11) is 0. The molecule has 2 heterocycles. The molecule has 2 saturated carbocycles. The predicted octanol–water partition coefficient (Wildman–Crippen LogP) is 4.02. The Bertz CT molecular complexity index is 1060. The number of rotatable bonds is 7. The quantitative estimate of drug-likeness (QED) is 0.658. The Morgan fingerprint density at radius 1 is 1.24 bits per heavy atom. The van der Waals surface area contributed by atoms with Crippen LogP contribution >= 0.6 is 0 Å². The van der Waals surface area contributed by atoms with Crippen LogP contribution in [-0.4, -0.2) is 41.7 Å². The van der Waals surface area contributed by atoms with E-state index in [-0.39, 0.29) is 23.9 Å². The third kappa shape index (κ3) is 4.81. The van der Waals surface area contributed by atoms with Gasteiger partial charge in [0.15, 0.2) is 0 Å². The Morgan fingerprint density at radius 2 is 1.94 bits per heavy atom. The van der Waals surface area contributed by atoms with Crippen molar-refractivity contribution in [1.82, 2.24) is 10.3 Å². The fourth-order valence-electron chi connectivity index (χ4n) is 4.54. The van der Waals surface area contributed by atoms with Crippen LogP contribution in [0.3, 0.4) is 0 Å². The summed E-state index contributed by atoms with van der Waals surface area (Å²) in [5, 5.41) is 3.09. The van der Waals surface area contributed by atoms with Crippen molar-refractivity contribution in [1.29, 1.82) is 0 Å². The van der Waals surface area contributed by atoms with Gasteiger partial charge in [-0.25, -0.2) is 13.8 Å². The molecule has 0 unspecified atom stereocenters.